The standard InChI is InChI=1S/C12H21NO3S/c1-11(2,3)16-10(15)13-7-12(8-13)6-9(14)4-5-17-12/h9,14H,4-8H2,1-3H3. The first-order valence-corrected chi connectivity index (χ1v) is 7.08. The summed E-state index contributed by atoms with van der Waals surface area (Å²) in [4.78, 5) is 13.5. The van der Waals surface area contributed by atoms with Crippen LogP contribution in [0.1, 0.15) is 33.6 Å². The van der Waals surface area contributed by atoms with Gasteiger partial charge in [-0.05, 0) is 39.4 Å². The Labute approximate surface area is 107 Å². The third-order valence-electron chi connectivity index (χ3n) is 3.08. The molecule has 17 heavy (non-hydrogen) atoms. The maximum atomic E-state index is 11.8. The number of carbonyl (C=O) groups excluding carboxylic acids is 1. The fourth-order valence-electron chi connectivity index (χ4n) is 2.33. The third kappa shape index (κ3) is 3.07. The summed E-state index contributed by atoms with van der Waals surface area (Å²) in [5, 5.41) is 9.67. The number of carbonyl (C=O) groups is 1. The smallest absolute Gasteiger partial charge is 0.410 e. The van der Waals surface area contributed by atoms with Crippen LogP contribution in [0.25, 0.3) is 0 Å². The number of rotatable bonds is 0. The molecule has 5 heteroatoms. The van der Waals surface area contributed by atoms with Gasteiger partial charge < -0.3 is 14.7 Å². The molecule has 4 nitrogen and oxygen atoms in total. The Hall–Kier alpha value is -0.420. The average Bonchev–Trinajstić information content (AvgIpc) is 2.10. The summed E-state index contributed by atoms with van der Waals surface area (Å²) < 4.78 is 5.41. The number of thioether (sulfide) groups is 1. The van der Waals surface area contributed by atoms with Gasteiger partial charge in [-0.25, -0.2) is 4.79 Å². The summed E-state index contributed by atoms with van der Waals surface area (Å²) in [6.45, 7) is 7.05. The van der Waals surface area contributed by atoms with E-state index in [1.54, 1.807) is 4.90 Å². The van der Waals surface area contributed by atoms with Crippen molar-refractivity contribution in [2.75, 3.05) is 18.8 Å². The largest absolute Gasteiger partial charge is 0.444 e. The Kier molecular flexibility index (Phi) is 3.34. The average molecular weight is 259 g/mol. The van der Waals surface area contributed by atoms with E-state index in [9.17, 15) is 9.90 Å². The van der Waals surface area contributed by atoms with Crippen molar-refractivity contribution in [3.63, 3.8) is 0 Å². The van der Waals surface area contributed by atoms with Gasteiger partial charge in [-0.3, -0.25) is 0 Å². The quantitative estimate of drug-likeness (QED) is 0.721. The van der Waals surface area contributed by atoms with Crippen molar-refractivity contribution in [2.24, 2.45) is 0 Å². The summed E-state index contributed by atoms with van der Waals surface area (Å²) in [5.41, 5.74) is -0.431. The molecule has 98 valence electrons. The first-order chi connectivity index (χ1) is 7.80. The second kappa shape index (κ2) is 4.35. The molecule has 0 aromatic rings. The molecule has 2 aliphatic heterocycles. The minimum absolute atomic E-state index is 0.0918. The number of ether oxygens (including phenoxy) is 1. The molecule has 0 bridgehead atoms. The Balaban J connectivity index is 1.83. The van der Waals surface area contributed by atoms with Gasteiger partial charge >= 0.3 is 6.09 Å². The van der Waals surface area contributed by atoms with Crippen LogP contribution in [0.15, 0.2) is 0 Å². The van der Waals surface area contributed by atoms with E-state index in [4.69, 9.17) is 4.74 Å². The zero-order valence-electron chi connectivity index (χ0n) is 10.7. The highest BCUT2D eigenvalue weighted by Crippen LogP contribution is 2.43. The zero-order chi connectivity index (χ0) is 12.7. The van der Waals surface area contributed by atoms with Crippen LogP contribution < -0.4 is 0 Å². The highest BCUT2D eigenvalue weighted by molar-refractivity contribution is 8.00. The van der Waals surface area contributed by atoms with Crippen molar-refractivity contribution < 1.29 is 14.6 Å². The lowest BCUT2D eigenvalue weighted by Crippen LogP contribution is -2.64. The molecule has 1 unspecified atom stereocenters. The van der Waals surface area contributed by atoms with Crippen LogP contribution in [0.3, 0.4) is 0 Å². The molecule has 2 heterocycles. The van der Waals surface area contributed by atoms with Crippen LogP contribution in [0.5, 0.6) is 0 Å². The Morgan fingerprint density at radius 2 is 2.12 bits per heavy atom. The first kappa shape index (κ1) is 13.0. The predicted molar refractivity (Wildman–Crippen MR) is 68.2 cm³/mol. The van der Waals surface area contributed by atoms with Crippen molar-refractivity contribution in [1.29, 1.82) is 0 Å². The number of hydrogen-bond acceptors (Lipinski definition) is 4. The highest BCUT2D eigenvalue weighted by atomic mass is 32.2. The molecule has 2 fully saturated rings. The summed E-state index contributed by atoms with van der Waals surface area (Å²) in [7, 11) is 0. The number of amides is 1. The van der Waals surface area contributed by atoms with E-state index >= 15 is 0 Å². The second-order valence-electron chi connectivity index (χ2n) is 6.01. The van der Waals surface area contributed by atoms with Crippen LogP contribution >= 0.6 is 11.8 Å². The fraction of sp³-hybridized carbons (Fsp3) is 0.917. The second-order valence-corrected chi connectivity index (χ2v) is 7.58. The molecule has 0 radical (unpaired) electrons. The maximum Gasteiger partial charge on any atom is 0.410 e. The summed E-state index contributed by atoms with van der Waals surface area (Å²) in [5.74, 6) is 0.989. The molecule has 2 rings (SSSR count). The lowest BCUT2D eigenvalue weighted by atomic mass is 9.91. The normalized spacial score (nSPS) is 27.8. The summed E-state index contributed by atoms with van der Waals surface area (Å²) in [6, 6.07) is 0. The van der Waals surface area contributed by atoms with Gasteiger partial charge in [-0.2, -0.15) is 11.8 Å². The molecule has 1 atom stereocenters. The summed E-state index contributed by atoms with van der Waals surface area (Å²) in [6.07, 6.45) is 1.25. The van der Waals surface area contributed by atoms with Crippen molar-refractivity contribution in [3.05, 3.63) is 0 Å². The summed E-state index contributed by atoms with van der Waals surface area (Å²) >= 11 is 1.89. The lowest BCUT2D eigenvalue weighted by molar-refractivity contribution is -0.00329. The first-order valence-electron chi connectivity index (χ1n) is 6.10. The van der Waals surface area contributed by atoms with Gasteiger partial charge in [-0.15, -0.1) is 0 Å². The fourth-order valence-corrected chi connectivity index (χ4v) is 3.95. The van der Waals surface area contributed by atoms with Crippen LogP contribution in [-0.2, 0) is 4.74 Å². The van der Waals surface area contributed by atoms with Crippen molar-refractivity contribution in [2.45, 2.75) is 50.1 Å². The Morgan fingerprint density at radius 1 is 1.47 bits per heavy atom. The lowest BCUT2D eigenvalue weighted by Gasteiger charge is -2.52. The van der Waals surface area contributed by atoms with Gasteiger partial charge in [0.15, 0.2) is 0 Å². The topological polar surface area (TPSA) is 49.8 Å². The van der Waals surface area contributed by atoms with Crippen molar-refractivity contribution >= 4 is 17.9 Å². The number of likely N-dealkylation sites (tertiary alicyclic amines) is 1. The van der Waals surface area contributed by atoms with Gasteiger partial charge in [0.2, 0.25) is 0 Å². The van der Waals surface area contributed by atoms with Crippen LogP contribution in [-0.4, -0.2) is 51.4 Å². The minimum atomic E-state index is -0.431. The van der Waals surface area contributed by atoms with E-state index in [0.717, 1.165) is 18.6 Å². The van der Waals surface area contributed by atoms with Gasteiger partial charge in [0.1, 0.15) is 5.60 Å². The van der Waals surface area contributed by atoms with Crippen molar-refractivity contribution in [1.82, 2.24) is 4.90 Å². The van der Waals surface area contributed by atoms with Gasteiger partial charge in [0, 0.05) is 13.1 Å². The van der Waals surface area contributed by atoms with Crippen molar-refractivity contribution in [3.8, 4) is 0 Å². The number of nitrogens with zero attached hydrogens (tertiary/aromatic N) is 1. The minimum Gasteiger partial charge on any atom is -0.444 e. The molecule has 1 amide bonds. The van der Waals surface area contributed by atoms with E-state index in [2.05, 4.69) is 0 Å². The van der Waals surface area contributed by atoms with E-state index in [1.165, 1.54) is 0 Å². The molecule has 1 spiro atoms. The number of hydrogen-bond donors (Lipinski definition) is 1. The Morgan fingerprint density at radius 3 is 2.65 bits per heavy atom. The van der Waals surface area contributed by atoms with Crippen LogP contribution in [0, 0.1) is 0 Å². The number of aliphatic hydroxyl groups is 1. The molecular formula is C12H21NO3S. The Bertz CT molecular complexity index is 307. The molecule has 1 N–H and O–H groups in total. The molecular weight excluding hydrogens is 238 g/mol. The van der Waals surface area contributed by atoms with Gasteiger partial charge in [-0.1, -0.05) is 0 Å². The molecule has 2 aliphatic rings. The van der Waals surface area contributed by atoms with E-state index < -0.39 is 5.60 Å². The SMILES string of the molecule is CC(C)(C)OC(=O)N1CC2(CC(O)CCS2)C1. The highest BCUT2D eigenvalue weighted by Gasteiger charge is 2.49. The third-order valence-corrected chi connectivity index (χ3v) is 4.55. The molecule has 0 saturated carbocycles. The van der Waals surface area contributed by atoms with E-state index in [-0.39, 0.29) is 16.9 Å². The van der Waals surface area contributed by atoms with Crippen LogP contribution in [0.2, 0.25) is 0 Å². The molecule has 0 aromatic heterocycles. The predicted octanol–water partition coefficient (Wildman–Crippen LogP) is 1.86. The van der Waals surface area contributed by atoms with Gasteiger partial charge in [0.25, 0.3) is 0 Å². The molecule has 0 aromatic carbocycles. The van der Waals surface area contributed by atoms with E-state index in [1.807, 2.05) is 32.5 Å². The monoisotopic (exact) mass is 259 g/mol. The van der Waals surface area contributed by atoms with Crippen LogP contribution in [0.4, 0.5) is 4.79 Å². The van der Waals surface area contributed by atoms with E-state index in [0.29, 0.717) is 13.1 Å². The maximum absolute atomic E-state index is 11.8. The van der Waals surface area contributed by atoms with Gasteiger partial charge in [0.05, 0.1) is 10.9 Å². The molecule has 2 saturated heterocycles. The molecule has 0 aliphatic carbocycles. The zero-order valence-corrected chi connectivity index (χ0v) is 11.5. The number of aliphatic hydroxyl groups excluding tert-OH is 1.